The summed E-state index contributed by atoms with van der Waals surface area (Å²) in [5.41, 5.74) is -1.20. The number of hydrogen-bond acceptors (Lipinski definition) is 4. The molecule has 1 amide bonds. The van der Waals surface area contributed by atoms with Crippen LogP contribution in [-0.4, -0.2) is 41.7 Å². The van der Waals surface area contributed by atoms with Crippen LogP contribution in [0.15, 0.2) is 12.2 Å². The summed E-state index contributed by atoms with van der Waals surface area (Å²) in [5, 5.41) is -0.279. The minimum Gasteiger partial charge on any atom is -0.337 e. The molecule has 0 atom stereocenters. The number of likely N-dealkylation sites (N-methyl/N-ethyl adjacent to an activating group) is 2. The molecule has 1 aliphatic heterocycles. The molecule has 0 radical (unpaired) electrons. The van der Waals surface area contributed by atoms with Gasteiger partial charge in [0, 0.05) is 14.1 Å². The zero-order chi connectivity index (χ0) is 15.6. The molecule has 0 unspecified atom stereocenters. The van der Waals surface area contributed by atoms with Crippen molar-refractivity contribution in [1.29, 1.82) is 0 Å². The number of halogens is 4. The number of carbonyl (C=O) groups is 1. The van der Waals surface area contributed by atoms with E-state index in [4.69, 9.17) is 11.6 Å². The summed E-state index contributed by atoms with van der Waals surface area (Å²) in [4.78, 5) is 22.6. The third kappa shape index (κ3) is 2.05. The number of hydrogen-bond donors (Lipinski definition) is 0. The van der Waals surface area contributed by atoms with E-state index in [1.807, 2.05) is 0 Å². The van der Waals surface area contributed by atoms with Crippen molar-refractivity contribution in [2.45, 2.75) is 18.1 Å². The van der Waals surface area contributed by atoms with Crippen LogP contribution in [-0.2, 0) is 11.2 Å². The van der Waals surface area contributed by atoms with Gasteiger partial charge in [-0.3, -0.25) is 4.79 Å². The molecule has 9 heteroatoms. The average Bonchev–Trinajstić information content (AvgIpc) is 3.13. The van der Waals surface area contributed by atoms with Gasteiger partial charge in [-0.05, 0) is 23.8 Å². The topological polar surface area (TPSA) is 49.3 Å². The number of nitrogens with zero attached hydrogens (tertiary/aromatic N) is 4. The van der Waals surface area contributed by atoms with Crippen molar-refractivity contribution in [1.82, 2.24) is 9.97 Å². The number of rotatable bonds is 1. The third-order valence-electron chi connectivity index (χ3n) is 3.62. The van der Waals surface area contributed by atoms with Crippen molar-refractivity contribution >= 4 is 29.0 Å². The largest absolute Gasteiger partial charge is 0.394 e. The number of carbonyl (C=O) groups excluding carboxylic acids is 1. The van der Waals surface area contributed by atoms with Crippen LogP contribution < -0.4 is 9.80 Å². The van der Waals surface area contributed by atoms with E-state index in [-0.39, 0.29) is 28.4 Å². The molecule has 1 aromatic heterocycles. The Morgan fingerprint density at radius 1 is 1.29 bits per heavy atom. The molecule has 0 fully saturated rings. The molecule has 1 aromatic rings. The fraction of sp³-hybridized carbons (Fsp3) is 0.417. The molecule has 3 rings (SSSR count). The molecule has 2 heterocycles. The van der Waals surface area contributed by atoms with Crippen LogP contribution in [0, 0.1) is 0 Å². The second kappa shape index (κ2) is 4.09. The fourth-order valence-corrected chi connectivity index (χ4v) is 2.67. The van der Waals surface area contributed by atoms with Crippen molar-refractivity contribution in [3.8, 4) is 0 Å². The van der Waals surface area contributed by atoms with Gasteiger partial charge in [-0.15, -0.1) is 0 Å². The molecule has 0 saturated carbocycles. The molecule has 2 aliphatic rings. The monoisotopic (exact) mass is 318 g/mol. The van der Waals surface area contributed by atoms with Gasteiger partial charge in [0.05, 0.1) is 12.1 Å². The van der Waals surface area contributed by atoms with E-state index >= 15 is 0 Å². The van der Waals surface area contributed by atoms with E-state index in [0.717, 1.165) is 4.90 Å². The highest BCUT2D eigenvalue weighted by atomic mass is 35.5. The lowest BCUT2D eigenvalue weighted by Crippen LogP contribution is -2.54. The number of aromatic nitrogens is 2. The summed E-state index contributed by atoms with van der Waals surface area (Å²) >= 11 is 5.73. The Kier molecular flexibility index (Phi) is 2.75. The zero-order valence-corrected chi connectivity index (χ0v) is 11.8. The van der Waals surface area contributed by atoms with Crippen molar-refractivity contribution in [3.05, 3.63) is 23.1 Å². The van der Waals surface area contributed by atoms with Gasteiger partial charge < -0.3 is 9.80 Å². The van der Waals surface area contributed by atoms with Gasteiger partial charge in [-0.25, -0.2) is 4.98 Å². The second-order valence-corrected chi connectivity index (χ2v) is 5.32. The first-order chi connectivity index (χ1) is 9.66. The van der Waals surface area contributed by atoms with Crippen LogP contribution in [0.3, 0.4) is 0 Å². The van der Waals surface area contributed by atoms with Gasteiger partial charge in [0.1, 0.15) is 5.69 Å². The van der Waals surface area contributed by atoms with E-state index < -0.39 is 18.1 Å². The molecule has 112 valence electrons. The van der Waals surface area contributed by atoms with Crippen molar-refractivity contribution in [2.75, 3.05) is 23.9 Å². The zero-order valence-electron chi connectivity index (χ0n) is 11.1. The Morgan fingerprint density at radius 2 is 1.90 bits per heavy atom. The van der Waals surface area contributed by atoms with E-state index in [0.29, 0.717) is 0 Å². The van der Waals surface area contributed by atoms with Gasteiger partial charge in [0.15, 0.2) is 11.4 Å². The van der Waals surface area contributed by atoms with Crippen LogP contribution in [0.25, 0.3) is 0 Å². The molecule has 0 bridgehead atoms. The summed E-state index contributed by atoms with van der Waals surface area (Å²) in [6, 6.07) is 0. The summed E-state index contributed by atoms with van der Waals surface area (Å²) in [5.74, 6) is -0.131. The van der Waals surface area contributed by atoms with Crippen LogP contribution >= 0.6 is 11.6 Å². The minimum atomic E-state index is -4.46. The van der Waals surface area contributed by atoms with Gasteiger partial charge in [0.2, 0.25) is 5.28 Å². The Balaban J connectivity index is 2.17. The Morgan fingerprint density at radius 3 is 2.43 bits per heavy atom. The first-order valence-corrected chi connectivity index (χ1v) is 6.39. The summed E-state index contributed by atoms with van der Waals surface area (Å²) in [7, 11) is 3.00. The molecule has 5 nitrogen and oxygen atoms in total. The molecule has 1 aliphatic carbocycles. The maximum absolute atomic E-state index is 12.7. The molecule has 0 N–H and O–H groups in total. The second-order valence-electron chi connectivity index (χ2n) is 4.99. The number of alkyl halides is 3. The van der Waals surface area contributed by atoms with Crippen molar-refractivity contribution < 1.29 is 18.0 Å². The molecular weight excluding hydrogens is 309 g/mol. The standard InChI is InChI=1S/C12H10ClF3N4O/c1-19-7-6(5-12(14,15)16)17-10(13)18-8(7)20(2)11(3-4-11)9(19)21/h3-4H,5H2,1-2H3. The Bertz CT molecular complexity index is 667. The average molecular weight is 319 g/mol. The normalized spacial score (nSPS) is 19.2. The summed E-state index contributed by atoms with van der Waals surface area (Å²) < 4.78 is 38.1. The van der Waals surface area contributed by atoms with Crippen LogP contribution in [0.1, 0.15) is 5.69 Å². The highest BCUT2D eigenvalue weighted by Gasteiger charge is 2.54. The smallest absolute Gasteiger partial charge is 0.337 e. The lowest BCUT2D eigenvalue weighted by atomic mass is 10.1. The van der Waals surface area contributed by atoms with E-state index in [2.05, 4.69) is 9.97 Å². The SMILES string of the molecule is CN1C(=O)C2(C=C2)N(C)c2nc(Cl)nc(CC(F)(F)F)c21. The van der Waals surface area contributed by atoms with Gasteiger partial charge in [-0.2, -0.15) is 18.2 Å². The van der Waals surface area contributed by atoms with Gasteiger partial charge in [-0.1, -0.05) is 0 Å². The predicted molar refractivity (Wildman–Crippen MR) is 70.5 cm³/mol. The van der Waals surface area contributed by atoms with Gasteiger partial charge in [0.25, 0.3) is 5.91 Å². The molecule has 21 heavy (non-hydrogen) atoms. The maximum Gasteiger partial charge on any atom is 0.394 e. The quantitative estimate of drug-likeness (QED) is 0.587. The highest BCUT2D eigenvalue weighted by Crippen LogP contribution is 2.46. The van der Waals surface area contributed by atoms with E-state index in [1.165, 1.54) is 11.9 Å². The minimum absolute atomic E-state index is 0.0450. The highest BCUT2D eigenvalue weighted by molar-refractivity contribution is 6.28. The molecule has 0 aromatic carbocycles. The Labute approximate surface area is 123 Å². The third-order valence-corrected chi connectivity index (χ3v) is 3.79. The first-order valence-electron chi connectivity index (χ1n) is 6.01. The lowest BCUT2D eigenvalue weighted by Gasteiger charge is -2.40. The molecule has 0 saturated heterocycles. The number of amides is 1. The van der Waals surface area contributed by atoms with Crippen LogP contribution in [0.5, 0.6) is 0 Å². The first kappa shape index (κ1) is 14.1. The summed E-state index contributed by atoms with van der Waals surface area (Å²) in [6.45, 7) is 0. The van der Waals surface area contributed by atoms with Crippen LogP contribution in [0.4, 0.5) is 24.7 Å². The van der Waals surface area contributed by atoms with Crippen LogP contribution in [0.2, 0.25) is 5.28 Å². The molecular formula is C12H10ClF3N4O. The summed E-state index contributed by atoms with van der Waals surface area (Å²) in [6.07, 6.45) is -2.41. The van der Waals surface area contributed by atoms with Crippen molar-refractivity contribution in [2.24, 2.45) is 0 Å². The molecule has 1 spiro atoms. The Hall–Kier alpha value is -1.83. The number of anilines is 2. The predicted octanol–water partition coefficient (Wildman–Crippen LogP) is 1.96. The lowest BCUT2D eigenvalue weighted by molar-refractivity contribution is -0.128. The maximum atomic E-state index is 12.7. The van der Waals surface area contributed by atoms with E-state index in [9.17, 15) is 18.0 Å². The fourth-order valence-electron chi connectivity index (χ4n) is 2.48. The van der Waals surface area contributed by atoms with Crippen molar-refractivity contribution in [3.63, 3.8) is 0 Å². The van der Waals surface area contributed by atoms with Gasteiger partial charge >= 0.3 is 6.18 Å². The number of fused-ring (bicyclic) bond motifs is 1. The van der Waals surface area contributed by atoms with E-state index in [1.54, 1.807) is 19.2 Å².